The smallest absolute Gasteiger partial charge is 0.323 e. The van der Waals surface area contributed by atoms with E-state index in [1.54, 1.807) is 0 Å². The third kappa shape index (κ3) is 3.93. The summed E-state index contributed by atoms with van der Waals surface area (Å²) in [6.07, 6.45) is 3.11. The Labute approximate surface area is 110 Å². The Morgan fingerprint density at radius 3 is 2.67 bits per heavy atom. The summed E-state index contributed by atoms with van der Waals surface area (Å²) in [6, 6.07) is 0.637. The van der Waals surface area contributed by atoms with Crippen molar-refractivity contribution in [2.45, 2.75) is 44.2 Å². The predicted molar refractivity (Wildman–Crippen MR) is 72.6 cm³/mol. The molecule has 1 rings (SSSR count). The molecular weight excluding hydrogens is 230 g/mol. The highest BCUT2D eigenvalue weighted by Gasteiger charge is 2.31. The Morgan fingerprint density at radius 2 is 2.22 bits per heavy atom. The van der Waals surface area contributed by atoms with Gasteiger partial charge in [0.25, 0.3) is 0 Å². The molecule has 2 atom stereocenters. The first kappa shape index (κ1) is 15.4. The number of hydrogen-bond donors (Lipinski definition) is 2. The fourth-order valence-electron chi connectivity index (χ4n) is 2.49. The number of likely N-dealkylation sites (tertiary alicyclic amines) is 1. The molecule has 3 N–H and O–H groups in total. The average molecular weight is 257 g/mol. The van der Waals surface area contributed by atoms with Crippen LogP contribution in [-0.2, 0) is 4.79 Å². The van der Waals surface area contributed by atoms with Crippen LogP contribution in [0.5, 0.6) is 0 Å². The highest BCUT2D eigenvalue weighted by atomic mass is 16.4. The van der Waals surface area contributed by atoms with E-state index in [2.05, 4.69) is 23.9 Å². The van der Waals surface area contributed by atoms with Gasteiger partial charge in [-0.2, -0.15) is 0 Å². The molecule has 2 unspecified atom stereocenters. The fourth-order valence-corrected chi connectivity index (χ4v) is 2.49. The van der Waals surface area contributed by atoms with Gasteiger partial charge in [-0.15, -0.1) is 0 Å². The highest BCUT2D eigenvalue weighted by molar-refractivity contribution is 5.78. The molecule has 5 nitrogen and oxygen atoms in total. The van der Waals surface area contributed by atoms with Gasteiger partial charge < -0.3 is 20.6 Å². The predicted octanol–water partition coefficient (Wildman–Crippen LogP) is 0.595. The molecule has 0 amide bonds. The van der Waals surface area contributed by atoms with Gasteiger partial charge in [0.1, 0.15) is 5.54 Å². The minimum atomic E-state index is -1.04. The van der Waals surface area contributed by atoms with Crippen molar-refractivity contribution in [2.24, 2.45) is 5.73 Å². The van der Waals surface area contributed by atoms with Gasteiger partial charge in [-0.3, -0.25) is 4.79 Å². The lowest BCUT2D eigenvalue weighted by Gasteiger charge is -2.25. The molecule has 0 radical (unpaired) electrons. The third-order valence-electron chi connectivity index (χ3n) is 4.13. The summed E-state index contributed by atoms with van der Waals surface area (Å²) in [5.41, 5.74) is 4.83. The van der Waals surface area contributed by atoms with Crippen molar-refractivity contribution in [3.63, 3.8) is 0 Å². The number of aliphatic carboxylic acids is 1. The summed E-state index contributed by atoms with van der Waals surface area (Å²) in [5.74, 6) is -0.877. The Morgan fingerprint density at radius 1 is 1.56 bits per heavy atom. The van der Waals surface area contributed by atoms with Gasteiger partial charge in [0.05, 0.1) is 0 Å². The normalized spacial score (nSPS) is 24.4. The van der Waals surface area contributed by atoms with E-state index in [9.17, 15) is 4.79 Å². The van der Waals surface area contributed by atoms with Crippen LogP contribution in [0.1, 0.15) is 32.6 Å². The first-order chi connectivity index (χ1) is 8.39. The molecule has 106 valence electrons. The van der Waals surface area contributed by atoms with Crippen molar-refractivity contribution in [2.75, 3.05) is 33.7 Å². The third-order valence-corrected chi connectivity index (χ3v) is 4.13. The molecule has 5 heteroatoms. The number of carbonyl (C=O) groups is 1. The maximum absolute atomic E-state index is 11.1. The molecule has 0 aromatic heterocycles. The van der Waals surface area contributed by atoms with E-state index in [4.69, 9.17) is 10.8 Å². The van der Waals surface area contributed by atoms with Crippen molar-refractivity contribution in [3.05, 3.63) is 0 Å². The van der Waals surface area contributed by atoms with E-state index in [-0.39, 0.29) is 0 Å². The van der Waals surface area contributed by atoms with Crippen LogP contribution in [0, 0.1) is 0 Å². The van der Waals surface area contributed by atoms with Crippen LogP contribution in [0.4, 0.5) is 0 Å². The van der Waals surface area contributed by atoms with Crippen LogP contribution in [0.3, 0.4) is 0 Å². The van der Waals surface area contributed by atoms with E-state index in [0.29, 0.717) is 18.9 Å². The molecule has 0 aliphatic carbocycles. The van der Waals surface area contributed by atoms with Gasteiger partial charge >= 0.3 is 5.97 Å². The summed E-state index contributed by atoms with van der Waals surface area (Å²) >= 11 is 0. The van der Waals surface area contributed by atoms with Crippen LogP contribution in [0.15, 0.2) is 0 Å². The Hall–Kier alpha value is -0.650. The zero-order chi connectivity index (χ0) is 13.8. The Balaban J connectivity index is 2.28. The van der Waals surface area contributed by atoms with Gasteiger partial charge in [0.2, 0.25) is 0 Å². The Kier molecular flexibility index (Phi) is 5.56. The topological polar surface area (TPSA) is 69.8 Å². The molecule has 1 fully saturated rings. The lowest BCUT2D eigenvalue weighted by atomic mass is 9.92. The molecule has 0 spiro atoms. The van der Waals surface area contributed by atoms with E-state index < -0.39 is 11.5 Å². The van der Waals surface area contributed by atoms with Gasteiger partial charge in [0, 0.05) is 12.6 Å². The van der Waals surface area contributed by atoms with E-state index in [0.717, 1.165) is 26.1 Å². The molecule has 18 heavy (non-hydrogen) atoms. The zero-order valence-corrected chi connectivity index (χ0v) is 11.9. The summed E-state index contributed by atoms with van der Waals surface area (Å²) in [5, 5.41) is 9.09. The van der Waals surface area contributed by atoms with Crippen molar-refractivity contribution in [3.8, 4) is 0 Å². The maximum atomic E-state index is 11.1. The fraction of sp³-hybridized carbons (Fsp3) is 0.923. The monoisotopic (exact) mass is 257 g/mol. The first-order valence-corrected chi connectivity index (χ1v) is 6.80. The summed E-state index contributed by atoms with van der Waals surface area (Å²) in [6.45, 7) is 4.99. The van der Waals surface area contributed by atoms with E-state index >= 15 is 0 Å². The highest BCUT2D eigenvalue weighted by Crippen LogP contribution is 2.18. The second-order valence-corrected chi connectivity index (χ2v) is 5.63. The van der Waals surface area contributed by atoms with Crippen LogP contribution in [0.25, 0.3) is 0 Å². The first-order valence-electron chi connectivity index (χ1n) is 6.80. The van der Waals surface area contributed by atoms with Gasteiger partial charge in [0.15, 0.2) is 0 Å². The summed E-state index contributed by atoms with van der Waals surface area (Å²) < 4.78 is 0. The van der Waals surface area contributed by atoms with Crippen LogP contribution in [-0.4, -0.2) is 66.2 Å². The Bertz CT molecular complexity index is 283. The number of carboxylic acids is 1. The lowest BCUT2D eigenvalue weighted by Crippen LogP contribution is -2.47. The van der Waals surface area contributed by atoms with E-state index in [1.807, 2.05) is 6.92 Å². The minimum absolute atomic E-state index is 0.489. The lowest BCUT2D eigenvalue weighted by molar-refractivity contribution is -0.143. The minimum Gasteiger partial charge on any atom is -0.480 e. The van der Waals surface area contributed by atoms with Gasteiger partial charge in [-0.25, -0.2) is 0 Å². The largest absolute Gasteiger partial charge is 0.480 e. The van der Waals surface area contributed by atoms with Gasteiger partial charge in [-0.1, -0.05) is 6.92 Å². The number of carboxylic acid groups (broad SMARTS) is 1. The quantitative estimate of drug-likeness (QED) is 0.699. The maximum Gasteiger partial charge on any atom is 0.323 e. The summed E-state index contributed by atoms with van der Waals surface area (Å²) in [7, 11) is 4.22. The van der Waals surface area contributed by atoms with Crippen molar-refractivity contribution < 1.29 is 9.90 Å². The molecule has 1 saturated heterocycles. The second kappa shape index (κ2) is 6.50. The zero-order valence-electron chi connectivity index (χ0n) is 11.9. The summed E-state index contributed by atoms with van der Waals surface area (Å²) in [4.78, 5) is 15.7. The molecular formula is C13H27N3O2. The molecule has 1 heterocycles. The number of likely N-dealkylation sites (N-methyl/N-ethyl adjacent to an activating group) is 1. The van der Waals surface area contributed by atoms with Crippen LogP contribution < -0.4 is 5.73 Å². The number of nitrogens with two attached hydrogens (primary N) is 1. The SMILES string of the molecule is CCC(N)(CCCN1CCC(N(C)C)C1)C(=O)O. The van der Waals surface area contributed by atoms with Crippen LogP contribution >= 0.6 is 0 Å². The van der Waals surface area contributed by atoms with E-state index in [1.165, 1.54) is 6.42 Å². The van der Waals surface area contributed by atoms with Crippen LogP contribution in [0.2, 0.25) is 0 Å². The average Bonchev–Trinajstić information content (AvgIpc) is 2.77. The van der Waals surface area contributed by atoms with Crippen molar-refractivity contribution >= 4 is 5.97 Å². The van der Waals surface area contributed by atoms with Crippen molar-refractivity contribution in [1.82, 2.24) is 9.80 Å². The number of rotatable bonds is 7. The second-order valence-electron chi connectivity index (χ2n) is 5.63. The van der Waals surface area contributed by atoms with Gasteiger partial charge in [-0.05, 0) is 52.9 Å². The molecule has 0 aromatic carbocycles. The van der Waals surface area contributed by atoms with Crippen molar-refractivity contribution in [1.29, 1.82) is 0 Å². The number of nitrogens with zero attached hydrogens (tertiary/aromatic N) is 2. The standard InChI is InChI=1S/C13H27N3O2/c1-4-13(14,12(17)18)7-5-8-16-9-6-11(10-16)15(2)3/h11H,4-10,14H2,1-3H3,(H,17,18). The molecule has 1 aliphatic heterocycles. The molecule has 0 aromatic rings. The molecule has 1 aliphatic rings. The number of hydrogen-bond acceptors (Lipinski definition) is 4. The molecule has 0 bridgehead atoms. The molecule has 0 saturated carbocycles.